The molecule has 2 rings (SSSR count). The van der Waals surface area contributed by atoms with Crippen LogP contribution in [-0.2, 0) is 9.53 Å². The Bertz CT molecular complexity index is 303. The molecule has 1 amide bonds. The summed E-state index contributed by atoms with van der Waals surface area (Å²) < 4.78 is 5.67. The normalized spacial score (nSPS) is 25.9. The number of nitrogens with one attached hydrogen (secondary N) is 1. The molecule has 2 aliphatic rings. The van der Waals surface area contributed by atoms with Gasteiger partial charge in [0.1, 0.15) is 6.10 Å². The van der Waals surface area contributed by atoms with Crippen LogP contribution in [0.5, 0.6) is 0 Å². The Kier molecular flexibility index (Phi) is 6.26. The minimum absolute atomic E-state index is 0.199. The molecule has 5 heteroatoms. The number of likely N-dealkylation sites (N-methyl/N-ethyl adjacent to an activating group) is 1. The van der Waals surface area contributed by atoms with Gasteiger partial charge in [-0.05, 0) is 38.4 Å². The Balaban J connectivity index is 1.76. The molecule has 0 aromatic rings. The van der Waals surface area contributed by atoms with E-state index >= 15 is 0 Å². The first-order valence-corrected chi connectivity index (χ1v) is 8.08. The van der Waals surface area contributed by atoms with Gasteiger partial charge < -0.3 is 15.0 Å². The maximum atomic E-state index is 12.5. The molecule has 1 unspecified atom stereocenters. The van der Waals surface area contributed by atoms with Gasteiger partial charge >= 0.3 is 0 Å². The van der Waals surface area contributed by atoms with E-state index in [-0.39, 0.29) is 12.0 Å². The molecule has 0 saturated carbocycles. The molecule has 2 saturated heterocycles. The Labute approximate surface area is 122 Å². The molecule has 0 aliphatic carbocycles. The van der Waals surface area contributed by atoms with E-state index in [1.54, 1.807) is 0 Å². The lowest BCUT2D eigenvalue weighted by atomic mass is 9.96. The highest BCUT2D eigenvalue weighted by Gasteiger charge is 2.31. The maximum absolute atomic E-state index is 12.5. The van der Waals surface area contributed by atoms with E-state index in [2.05, 4.69) is 24.1 Å². The summed E-state index contributed by atoms with van der Waals surface area (Å²) in [6.07, 6.45) is 1.99. The molecule has 0 bridgehead atoms. The van der Waals surface area contributed by atoms with Crippen LogP contribution >= 0.6 is 0 Å². The Morgan fingerprint density at radius 3 is 2.65 bits per heavy atom. The molecule has 2 heterocycles. The topological polar surface area (TPSA) is 44.8 Å². The second-order valence-corrected chi connectivity index (χ2v) is 5.83. The summed E-state index contributed by atoms with van der Waals surface area (Å²) in [5, 5.41) is 3.40. The molecule has 5 nitrogen and oxygen atoms in total. The molecule has 1 atom stereocenters. The third-order valence-corrected chi connectivity index (χ3v) is 4.48. The zero-order valence-corrected chi connectivity index (χ0v) is 12.9. The molecule has 20 heavy (non-hydrogen) atoms. The summed E-state index contributed by atoms with van der Waals surface area (Å²) in [5.74, 6) is 0.920. The number of piperidine rings is 1. The lowest BCUT2D eigenvalue weighted by Gasteiger charge is -2.37. The van der Waals surface area contributed by atoms with Crippen LogP contribution in [0.1, 0.15) is 26.7 Å². The van der Waals surface area contributed by atoms with Crippen LogP contribution in [-0.4, -0.2) is 74.2 Å². The van der Waals surface area contributed by atoms with Crippen molar-refractivity contribution in [2.45, 2.75) is 32.8 Å². The summed E-state index contributed by atoms with van der Waals surface area (Å²) in [5.41, 5.74) is 0. The van der Waals surface area contributed by atoms with E-state index in [1.165, 1.54) is 0 Å². The van der Waals surface area contributed by atoms with Crippen LogP contribution in [0.15, 0.2) is 0 Å². The number of carbonyl (C=O) groups excluding carboxylic acids is 1. The van der Waals surface area contributed by atoms with E-state index in [9.17, 15) is 4.79 Å². The molecular formula is C15H29N3O2. The first-order chi connectivity index (χ1) is 9.74. The van der Waals surface area contributed by atoms with Crippen LogP contribution in [0, 0.1) is 5.92 Å². The number of likely N-dealkylation sites (tertiary alicyclic amines) is 1. The van der Waals surface area contributed by atoms with E-state index in [4.69, 9.17) is 4.74 Å². The summed E-state index contributed by atoms with van der Waals surface area (Å²) in [6, 6.07) is 0. The fraction of sp³-hybridized carbons (Fsp3) is 0.933. The monoisotopic (exact) mass is 283 g/mol. The van der Waals surface area contributed by atoms with Crippen LogP contribution in [0.2, 0.25) is 0 Å². The van der Waals surface area contributed by atoms with Crippen molar-refractivity contribution in [3.63, 3.8) is 0 Å². The quantitative estimate of drug-likeness (QED) is 0.800. The lowest BCUT2D eigenvalue weighted by Crippen LogP contribution is -2.52. The zero-order valence-electron chi connectivity index (χ0n) is 12.9. The van der Waals surface area contributed by atoms with Gasteiger partial charge in [-0.2, -0.15) is 0 Å². The third kappa shape index (κ3) is 4.17. The molecule has 2 aliphatic heterocycles. The minimum atomic E-state index is -0.242. The standard InChI is InChI=1S/C15H29N3O2/c1-3-16-11-13-5-7-18(8-6-13)15(19)14-12-17(4-2)9-10-20-14/h13-14,16H,3-12H2,1-2H3. The van der Waals surface area contributed by atoms with Gasteiger partial charge in [-0.25, -0.2) is 0 Å². The van der Waals surface area contributed by atoms with Crippen molar-refractivity contribution in [3.8, 4) is 0 Å². The molecule has 0 aromatic heterocycles. The molecule has 0 aromatic carbocycles. The van der Waals surface area contributed by atoms with Crippen molar-refractivity contribution >= 4 is 5.91 Å². The third-order valence-electron chi connectivity index (χ3n) is 4.48. The number of hydrogen-bond acceptors (Lipinski definition) is 4. The van der Waals surface area contributed by atoms with E-state index in [1.807, 2.05) is 4.90 Å². The SMILES string of the molecule is CCNCC1CCN(C(=O)C2CN(CC)CCO2)CC1. The Hall–Kier alpha value is -0.650. The van der Waals surface area contributed by atoms with Crippen molar-refractivity contribution in [1.82, 2.24) is 15.1 Å². The molecule has 1 N–H and O–H groups in total. The highest BCUT2D eigenvalue weighted by Crippen LogP contribution is 2.18. The minimum Gasteiger partial charge on any atom is -0.366 e. The summed E-state index contributed by atoms with van der Waals surface area (Å²) >= 11 is 0. The van der Waals surface area contributed by atoms with Crippen LogP contribution in [0.4, 0.5) is 0 Å². The fourth-order valence-electron chi connectivity index (χ4n) is 3.05. The van der Waals surface area contributed by atoms with Crippen molar-refractivity contribution in [2.75, 3.05) is 52.4 Å². The van der Waals surface area contributed by atoms with Crippen LogP contribution in [0.3, 0.4) is 0 Å². The van der Waals surface area contributed by atoms with Gasteiger partial charge in [-0.15, -0.1) is 0 Å². The van der Waals surface area contributed by atoms with Crippen molar-refractivity contribution < 1.29 is 9.53 Å². The van der Waals surface area contributed by atoms with Crippen molar-refractivity contribution in [2.24, 2.45) is 5.92 Å². The summed E-state index contributed by atoms with van der Waals surface area (Å²) in [6.45, 7) is 11.6. The number of rotatable bonds is 5. The molecule has 0 radical (unpaired) electrons. The summed E-state index contributed by atoms with van der Waals surface area (Å²) in [4.78, 5) is 16.8. The lowest BCUT2D eigenvalue weighted by molar-refractivity contribution is -0.150. The van der Waals surface area contributed by atoms with Gasteiger partial charge in [0.05, 0.1) is 6.61 Å². The fourth-order valence-corrected chi connectivity index (χ4v) is 3.05. The van der Waals surface area contributed by atoms with E-state index in [0.717, 1.165) is 64.6 Å². The second-order valence-electron chi connectivity index (χ2n) is 5.83. The number of carbonyl (C=O) groups is 1. The van der Waals surface area contributed by atoms with E-state index in [0.29, 0.717) is 6.61 Å². The first-order valence-electron chi connectivity index (χ1n) is 8.08. The zero-order chi connectivity index (χ0) is 14.4. The highest BCUT2D eigenvalue weighted by atomic mass is 16.5. The molecule has 0 spiro atoms. The number of ether oxygens (including phenoxy) is 1. The average molecular weight is 283 g/mol. The van der Waals surface area contributed by atoms with Crippen molar-refractivity contribution in [3.05, 3.63) is 0 Å². The second kappa shape index (κ2) is 7.96. The van der Waals surface area contributed by atoms with Crippen molar-refractivity contribution in [1.29, 1.82) is 0 Å². The van der Waals surface area contributed by atoms with Gasteiger partial charge in [0.25, 0.3) is 5.91 Å². The molecule has 116 valence electrons. The largest absolute Gasteiger partial charge is 0.366 e. The Morgan fingerprint density at radius 2 is 2.00 bits per heavy atom. The van der Waals surface area contributed by atoms with Gasteiger partial charge in [-0.3, -0.25) is 9.69 Å². The average Bonchev–Trinajstić information content (AvgIpc) is 2.52. The maximum Gasteiger partial charge on any atom is 0.253 e. The van der Waals surface area contributed by atoms with Gasteiger partial charge in [0.2, 0.25) is 0 Å². The smallest absolute Gasteiger partial charge is 0.253 e. The van der Waals surface area contributed by atoms with Crippen LogP contribution in [0.25, 0.3) is 0 Å². The molecular weight excluding hydrogens is 254 g/mol. The van der Waals surface area contributed by atoms with Gasteiger partial charge in [0, 0.05) is 26.2 Å². The molecule has 2 fully saturated rings. The summed E-state index contributed by atoms with van der Waals surface area (Å²) in [7, 11) is 0. The number of hydrogen-bond donors (Lipinski definition) is 1. The van der Waals surface area contributed by atoms with Gasteiger partial charge in [-0.1, -0.05) is 13.8 Å². The van der Waals surface area contributed by atoms with E-state index < -0.39 is 0 Å². The van der Waals surface area contributed by atoms with Crippen LogP contribution < -0.4 is 5.32 Å². The number of morpholine rings is 1. The number of amides is 1. The first kappa shape index (κ1) is 15.7. The number of nitrogens with zero attached hydrogens (tertiary/aromatic N) is 2. The Morgan fingerprint density at radius 1 is 1.25 bits per heavy atom. The highest BCUT2D eigenvalue weighted by molar-refractivity contribution is 5.81. The predicted octanol–water partition coefficient (Wildman–Crippen LogP) is 0.555. The predicted molar refractivity (Wildman–Crippen MR) is 79.7 cm³/mol. The van der Waals surface area contributed by atoms with Gasteiger partial charge in [0.15, 0.2) is 0 Å².